The molecule has 1 aliphatic rings. The Kier molecular flexibility index (Phi) is 10.8. The molecule has 2 heterocycles. The van der Waals surface area contributed by atoms with Gasteiger partial charge in [-0.1, -0.05) is 55.8 Å². The molecule has 9 nitrogen and oxygen atoms in total. The van der Waals surface area contributed by atoms with E-state index in [1.807, 2.05) is 30.3 Å². The Morgan fingerprint density at radius 1 is 1.04 bits per heavy atom. The van der Waals surface area contributed by atoms with Gasteiger partial charge < -0.3 is 24.6 Å². The summed E-state index contributed by atoms with van der Waals surface area (Å²) in [5, 5.41) is 13.1. The van der Waals surface area contributed by atoms with Gasteiger partial charge >= 0.3 is 11.9 Å². The monoisotopic (exact) mass is 628 g/mol. The van der Waals surface area contributed by atoms with E-state index < -0.39 is 12.0 Å². The van der Waals surface area contributed by atoms with Crippen LogP contribution in [0.4, 0.5) is 5.69 Å². The number of aromatic nitrogens is 2. The molecule has 0 aliphatic carbocycles. The Morgan fingerprint density at radius 3 is 2.60 bits per heavy atom. The van der Waals surface area contributed by atoms with E-state index >= 15 is 0 Å². The van der Waals surface area contributed by atoms with Gasteiger partial charge in [0.25, 0.3) is 0 Å². The molecular formula is C35H40N4O5S. The Balaban J connectivity index is 1.24. The average molecular weight is 629 g/mol. The van der Waals surface area contributed by atoms with Crippen LogP contribution < -0.4 is 5.32 Å². The number of imidazole rings is 1. The lowest BCUT2D eigenvalue weighted by Crippen LogP contribution is -2.42. The highest BCUT2D eigenvalue weighted by atomic mass is 32.2. The predicted molar refractivity (Wildman–Crippen MR) is 179 cm³/mol. The number of ether oxygens (including phenoxy) is 1. The van der Waals surface area contributed by atoms with Crippen molar-refractivity contribution in [2.45, 2.75) is 58.0 Å². The van der Waals surface area contributed by atoms with Crippen molar-refractivity contribution in [3.8, 4) is 11.1 Å². The molecule has 0 radical (unpaired) electrons. The van der Waals surface area contributed by atoms with Gasteiger partial charge in [0.15, 0.2) is 0 Å². The first kappa shape index (κ1) is 32.1. The number of anilines is 1. The number of nitrogens with zero attached hydrogens (tertiary/aromatic N) is 3. The molecule has 0 spiro atoms. The van der Waals surface area contributed by atoms with E-state index in [1.165, 1.54) is 7.11 Å². The lowest BCUT2D eigenvalue weighted by molar-refractivity contribution is -0.150. The number of carboxylic acid groups (broad SMARTS) is 1. The van der Waals surface area contributed by atoms with Gasteiger partial charge in [0.1, 0.15) is 11.9 Å². The van der Waals surface area contributed by atoms with Gasteiger partial charge in [-0.05, 0) is 60.2 Å². The number of amides is 1. The number of carbonyl (C=O) groups excluding carboxylic acids is 2. The quantitative estimate of drug-likeness (QED) is 0.121. The van der Waals surface area contributed by atoms with E-state index in [1.54, 1.807) is 28.8 Å². The standard InChI is InChI=1S/C35H40N4O5S/c1-3-4-11-32-37-29-18-17-26(36-19-8-7-12-33(40)39-23-45-22-31(39)35(43)44-2)20-30(29)38(32)21-24-13-15-25(16-14-24)27-9-5-6-10-28(27)34(41)42/h5-6,9-10,13-18,20,31,36H,3-4,7-8,11-12,19,21-23H2,1-2H3,(H,41,42). The number of aryl methyl sites for hydroxylation is 1. The van der Waals surface area contributed by atoms with E-state index in [0.29, 0.717) is 30.2 Å². The van der Waals surface area contributed by atoms with Gasteiger partial charge in [0.2, 0.25) is 5.91 Å². The van der Waals surface area contributed by atoms with Gasteiger partial charge in [0, 0.05) is 37.4 Å². The second kappa shape index (κ2) is 15.1. The Labute approximate surface area is 268 Å². The van der Waals surface area contributed by atoms with Crippen LogP contribution in [0.25, 0.3) is 22.2 Å². The van der Waals surface area contributed by atoms with E-state index in [4.69, 9.17) is 9.72 Å². The summed E-state index contributed by atoms with van der Waals surface area (Å²) in [6, 6.07) is 20.9. The van der Waals surface area contributed by atoms with Crippen molar-refractivity contribution < 1.29 is 24.2 Å². The summed E-state index contributed by atoms with van der Waals surface area (Å²) in [5.74, 6) is 0.890. The Hall–Kier alpha value is -4.31. The summed E-state index contributed by atoms with van der Waals surface area (Å²) in [4.78, 5) is 43.0. The van der Waals surface area contributed by atoms with Crippen molar-refractivity contribution in [2.24, 2.45) is 0 Å². The number of carboxylic acids is 1. The maximum absolute atomic E-state index is 12.7. The van der Waals surface area contributed by atoms with Crippen LogP contribution in [0.15, 0.2) is 66.7 Å². The predicted octanol–water partition coefficient (Wildman–Crippen LogP) is 6.45. The molecule has 45 heavy (non-hydrogen) atoms. The molecule has 1 aliphatic heterocycles. The first-order valence-corrected chi connectivity index (χ1v) is 16.6. The first-order valence-electron chi connectivity index (χ1n) is 15.5. The minimum atomic E-state index is -0.937. The third-order valence-electron chi connectivity index (χ3n) is 8.17. The summed E-state index contributed by atoms with van der Waals surface area (Å²) < 4.78 is 7.13. The molecule has 1 amide bonds. The van der Waals surface area contributed by atoms with Crippen LogP contribution in [-0.2, 0) is 27.3 Å². The van der Waals surface area contributed by atoms with E-state index in [-0.39, 0.29) is 17.4 Å². The number of hydrogen-bond acceptors (Lipinski definition) is 7. The van der Waals surface area contributed by atoms with Gasteiger partial charge in [-0.3, -0.25) is 4.79 Å². The third kappa shape index (κ3) is 7.68. The van der Waals surface area contributed by atoms with Crippen molar-refractivity contribution in [1.82, 2.24) is 14.5 Å². The van der Waals surface area contributed by atoms with Crippen LogP contribution in [0.2, 0.25) is 0 Å². The number of unbranched alkanes of at least 4 members (excludes halogenated alkanes) is 2. The fourth-order valence-corrected chi connectivity index (χ4v) is 6.84. The number of fused-ring (bicyclic) bond motifs is 1. The number of hydrogen-bond donors (Lipinski definition) is 2. The minimum Gasteiger partial charge on any atom is -0.478 e. The number of nitrogens with one attached hydrogen (secondary N) is 1. The maximum atomic E-state index is 12.7. The normalized spacial score (nSPS) is 14.5. The summed E-state index contributed by atoms with van der Waals surface area (Å²) in [5.41, 5.74) is 5.98. The molecule has 236 valence electrons. The summed E-state index contributed by atoms with van der Waals surface area (Å²) in [6.45, 7) is 3.56. The van der Waals surface area contributed by atoms with E-state index in [0.717, 1.165) is 72.3 Å². The zero-order valence-electron chi connectivity index (χ0n) is 25.8. The van der Waals surface area contributed by atoms with Crippen LogP contribution in [0.3, 0.4) is 0 Å². The molecule has 4 aromatic rings. The number of benzene rings is 3. The molecule has 0 bridgehead atoms. The number of esters is 1. The van der Waals surface area contributed by atoms with Crippen molar-refractivity contribution in [3.05, 3.63) is 83.7 Å². The molecule has 1 aromatic heterocycles. The van der Waals surface area contributed by atoms with Gasteiger partial charge in [-0.2, -0.15) is 0 Å². The average Bonchev–Trinajstić information content (AvgIpc) is 3.69. The molecular weight excluding hydrogens is 588 g/mol. The molecule has 10 heteroatoms. The SMILES string of the molecule is CCCCc1nc2ccc(NCCCCC(=O)N3CSCC3C(=O)OC)cc2n1Cc1ccc(-c2ccccc2C(=O)O)cc1. The van der Waals surface area contributed by atoms with Gasteiger partial charge in [-0.15, -0.1) is 11.8 Å². The molecule has 1 saturated heterocycles. The number of thioether (sulfide) groups is 1. The highest BCUT2D eigenvalue weighted by Gasteiger charge is 2.34. The smallest absolute Gasteiger partial charge is 0.336 e. The fourth-order valence-electron chi connectivity index (χ4n) is 5.68. The van der Waals surface area contributed by atoms with Crippen LogP contribution in [0.5, 0.6) is 0 Å². The highest BCUT2D eigenvalue weighted by Crippen LogP contribution is 2.27. The lowest BCUT2D eigenvalue weighted by Gasteiger charge is -2.21. The number of rotatable bonds is 14. The second-order valence-corrected chi connectivity index (χ2v) is 12.3. The van der Waals surface area contributed by atoms with Gasteiger partial charge in [-0.25, -0.2) is 14.6 Å². The van der Waals surface area contributed by atoms with Crippen molar-refractivity contribution >= 4 is 46.3 Å². The molecule has 3 aromatic carbocycles. The van der Waals surface area contributed by atoms with Crippen molar-refractivity contribution in [1.29, 1.82) is 0 Å². The van der Waals surface area contributed by atoms with Crippen LogP contribution >= 0.6 is 11.8 Å². The molecule has 5 rings (SSSR count). The van der Waals surface area contributed by atoms with Gasteiger partial charge in [0.05, 0.1) is 29.6 Å². The number of methoxy groups -OCH3 is 1. The van der Waals surface area contributed by atoms with E-state index in [9.17, 15) is 19.5 Å². The first-order chi connectivity index (χ1) is 21.9. The molecule has 2 N–H and O–H groups in total. The summed E-state index contributed by atoms with van der Waals surface area (Å²) in [6.07, 6.45) is 4.98. The lowest BCUT2D eigenvalue weighted by atomic mass is 9.99. The Bertz CT molecular complexity index is 1650. The number of carbonyl (C=O) groups is 3. The van der Waals surface area contributed by atoms with Crippen LogP contribution in [0.1, 0.15) is 60.8 Å². The third-order valence-corrected chi connectivity index (χ3v) is 9.18. The van der Waals surface area contributed by atoms with Crippen molar-refractivity contribution in [3.63, 3.8) is 0 Å². The second-order valence-electron chi connectivity index (χ2n) is 11.3. The molecule has 1 fully saturated rings. The van der Waals surface area contributed by atoms with E-state index in [2.05, 4.69) is 41.1 Å². The number of aromatic carboxylic acids is 1. The molecule has 1 unspecified atom stereocenters. The zero-order chi connectivity index (χ0) is 31.8. The van der Waals surface area contributed by atoms with Crippen LogP contribution in [0, 0.1) is 0 Å². The fraction of sp³-hybridized carbons (Fsp3) is 0.371. The largest absolute Gasteiger partial charge is 0.478 e. The van der Waals surface area contributed by atoms with Crippen molar-refractivity contribution in [2.75, 3.05) is 30.6 Å². The molecule has 1 atom stereocenters. The molecule has 0 saturated carbocycles. The minimum absolute atomic E-state index is 0.000503. The zero-order valence-corrected chi connectivity index (χ0v) is 26.6. The topological polar surface area (TPSA) is 114 Å². The maximum Gasteiger partial charge on any atom is 0.336 e. The van der Waals surface area contributed by atoms with Crippen LogP contribution in [-0.4, -0.2) is 68.7 Å². The Morgan fingerprint density at radius 2 is 1.84 bits per heavy atom. The summed E-state index contributed by atoms with van der Waals surface area (Å²) in [7, 11) is 1.36. The highest BCUT2D eigenvalue weighted by molar-refractivity contribution is 7.99. The summed E-state index contributed by atoms with van der Waals surface area (Å²) >= 11 is 1.58.